The molecule has 1 amide bonds. The number of carbonyl (C=O) groups is 1. The van der Waals surface area contributed by atoms with Crippen molar-refractivity contribution < 1.29 is 9.21 Å². The van der Waals surface area contributed by atoms with Crippen molar-refractivity contribution in [1.29, 1.82) is 0 Å². The van der Waals surface area contributed by atoms with E-state index >= 15 is 0 Å². The van der Waals surface area contributed by atoms with Crippen molar-refractivity contribution in [2.75, 3.05) is 0 Å². The number of amides is 1. The highest BCUT2D eigenvalue weighted by atomic mass is 79.9. The molecule has 0 aliphatic heterocycles. The molecule has 1 N–H and O–H groups in total. The van der Waals surface area contributed by atoms with Gasteiger partial charge in [0.05, 0.1) is 12.7 Å². The van der Waals surface area contributed by atoms with Gasteiger partial charge >= 0.3 is 0 Å². The maximum atomic E-state index is 11.8. The van der Waals surface area contributed by atoms with Crippen LogP contribution in [0.4, 0.5) is 0 Å². The summed E-state index contributed by atoms with van der Waals surface area (Å²) in [6.45, 7) is 2.10. The normalized spacial score (nSPS) is 10.5. The molecule has 17 heavy (non-hydrogen) atoms. The number of carbonyl (C=O) groups excluding carboxylic acids is 1. The van der Waals surface area contributed by atoms with E-state index in [4.69, 9.17) is 4.42 Å². The van der Waals surface area contributed by atoms with Crippen molar-refractivity contribution in [1.82, 2.24) is 14.9 Å². The fourth-order valence-corrected chi connectivity index (χ4v) is 2.00. The number of oxazole rings is 1. The van der Waals surface area contributed by atoms with Gasteiger partial charge in [-0.05, 0) is 28.9 Å². The third-order valence-corrected chi connectivity index (χ3v) is 2.71. The van der Waals surface area contributed by atoms with Gasteiger partial charge in [-0.3, -0.25) is 4.79 Å². The largest absolute Gasteiger partial charge is 0.444 e. The molecule has 0 spiro atoms. The summed E-state index contributed by atoms with van der Waals surface area (Å²) in [7, 11) is 1.81. The lowest BCUT2D eigenvalue weighted by atomic mass is 10.4. The van der Waals surface area contributed by atoms with E-state index in [1.54, 1.807) is 16.8 Å². The first kappa shape index (κ1) is 11.9. The van der Waals surface area contributed by atoms with Crippen molar-refractivity contribution in [3.05, 3.63) is 40.3 Å². The van der Waals surface area contributed by atoms with Crippen molar-refractivity contribution >= 4 is 21.8 Å². The Morgan fingerprint density at radius 2 is 2.41 bits per heavy atom. The molecule has 90 valence electrons. The van der Waals surface area contributed by atoms with E-state index in [0.717, 1.165) is 10.2 Å². The Morgan fingerprint density at radius 1 is 1.65 bits per heavy atom. The minimum atomic E-state index is -0.158. The van der Waals surface area contributed by atoms with Crippen LogP contribution in [0.15, 0.2) is 27.3 Å². The molecule has 0 radical (unpaired) electrons. The third kappa shape index (κ3) is 2.76. The van der Waals surface area contributed by atoms with Gasteiger partial charge in [0.1, 0.15) is 11.5 Å². The summed E-state index contributed by atoms with van der Waals surface area (Å²) >= 11 is 3.32. The van der Waals surface area contributed by atoms with Gasteiger partial charge in [-0.2, -0.15) is 0 Å². The standard InChI is InChI=1S/C11H12BrN3O2/c1-7-4-13-10(17-7)5-14-11(16)9-3-8(12)6-15(9)2/h3-4,6H,5H2,1-2H3,(H,14,16). The van der Waals surface area contributed by atoms with Crippen LogP contribution >= 0.6 is 15.9 Å². The summed E-state index contributed by atoms with van der Waals surface area (Å²) < 4.78 is 7.89. The van der Waals surface area contributed by atoms with E-state index in [2.05, 4.69) is 26.2 Å². The summed E-state index contributed by atoms with van der Waals surface area (Å²) in [5, 5.41) is 2.75. The highest BCUT2D eigenvalue weighted by Gasteiger charge is 2.11. The molecule has 2 aromatic rings. The number of rotatable bonds is 3. The number of aromatic nitrogens is 2. The second-order valence-electron chi connectivity index (χ2n) is 3.70. The van der Waals surface area contributed by atoms with Gasteiger partial charge in [0.25, 0.3) is 5.91 Å². The van der Waals surface area contributed by atoms with Crippen LogP contribution in [0.2, 0.25) is 0 Å². The topological polar surface area (TPSA) is 60.1 Å². The molecule has 2 heterocycles. The molecule has 2 rings (SSSR count). The average Bonchev–Trinajstić information content (AvgIpc) is 2.81. The lowest BCUT2D eigenvalue weighted by molar-refractivity contribution is 0.0939. The van der Waals surface area contributed by atoms with Gasteiger partial charge in [0, 0.05) is 17.7 Å². The van der Waals surface area contributed by atoms with Crippen molar-refractivity contribution in [3.8, 4) is 0 Å². The van der Waals surface area contributed by atoms with Crippen molar-refractivity contribution in [2.45, 2.75) is 13.5 Å². The molecule has 0 aliphatic rings. The first-order valence-electron chi connectivity index (χ1n) is 5.07. The molecular formula is C11H12BrN3O2. The average molecular weight is 298 g/mol. The highest BCUT2D eigenvalue weighted by Crippen LogP contribution is 2.13. The molecule has 2 aromatic heterocycles. The number of aryl methyl sites for hydroxylation is 2. The van der Waals surface area contributed by atoms with Gasteiger partial charge in [-0.25, -0.2) is 4.98 Å². The Balaban J connectivity index is 2.00. The molecule has 0 saturated carbocycles. The first-order valence-corrected chi connectivity index (χ1v) is 5.87. The third-order valence-electron chi connectivity index (χ3n) is 2.27. The zero-order chi connectivity index (χ0) is 12.4. The predicted octanol–water partition coefficient (Wildman–Crippen LogP) is 2.01. The van der Waals surface area contributed by atoms with Crippen LogP contribution in [0.5, 0.6) is 0 Å². The molecule has 0 bridgehead atoms. The second kappa shape index (κ2) is 4.75. The molecule has 0 fully saturated rings. The summed E-state index contributed by atoms with van der Waals surface area (Å²) in [6.07, 6.45) is 3.45. The van der Waals surface area contributed by atoms with Crippen LogP contribution in [0.3, 0.4) is 0 Å². The Hall–Kier alpha value is -1.56. The lowest BCUT2D eigenvalue weighted by Gasteiger charge is -2.03. The molecule has 0 atom stereocenters. The minimum absolute atomic E-state index is 0.158. The summed E-state index contributed by atoms with van der Waals surface area (Å²) in [5.41, 5.74) is 0.583. The fourth-order valence-electron chi connectivity index (χ4n) is 1.48. The Bertz CT molecular complexity index is 545. The van der Waals surface area contributed by atoms with Gasteiger partial charge in [0.2, 0.25) is 5.89 Å². The van der Waals surface area contributed by atoms with Gasteiger partial charge < -0.3 is 14.3 Å². The van der Waals surface area contributed by atoms with E-state index in [1.165, 1.54) is 0 Å². The lowest BCUT2D eigenvalue weighted by Crippen LogP contribution is -2.24. The van der Waals surface area contributed by atoms with Crippen LogP contribution < -0.4 is 5.32 Å². The van der Waals surface area contributed by atoms with Crippen molar-refractivity contribution in [3.63, 3.8) is 0 Å². The number of nitrogens with zero attached hydrogens (tertiary/aromatic N) is 2. The van der Waals surface area contributed by atoms with E-state index in [9.17, 15) is 4.79 Å². The maximum absolute atomic E-state index is 11.8. The Kier molecular flexibility index (Phi) is 3.33. The zero-order valence-electron chi connectivity index (χ0n) is 9.53. The van der Waals surface area contributed by atoms with Gasteiger partial charge in [-0.15, -0.1) is 0 Å². The summed E-state index contributed by atoms with van der Waals surface area (Å²) in [5.74, 6) is 1.08. The highest BCUT2D eigenvalue weighted by molar-refractivity contribution is 9.10. The van der Waals surface area contributed by atoms with E-state index in [0.29, 0.717) is 11.6 Å². The summed E-state index contributed by atoms with van der Waals surface area (Å²) in [6, 6.07) is 1.76. The zero-order valence-corrected chi connectivity index (χ0v) is 11.1. The number of hydrogen-bond donors (Lipinski definition) is 1. The van der Waals surface area contributed by atoms with E-state index < -0.39 is 0 Å². The smallest absolute Gasteiger partial charge is 0.268 e. The van der Waals surface area contributed by atoms with E-state index in [1.807, 2.05) is 20.2 Å². The monoisotopic (exact) mass is 297 g/mol. The fraction of sp³-hybridized carbons (Fsp3) is 0.273. The Morgan fingerprint density at radius 3 is 2.94 bits per heavy atom. The van der Waals surface area contributed by atoms with E-state index in [-0.39, 0.29) is 12.5 Å². The number of halogens is 1. The van der Waals surface area contributed by atoms with Crippen LogP contribution in [0, 0.1) is 6.92 Å². The van der Waals surface area contributed by atoms with Gasteiger partial charge in [0.15, 0.2) is 0 Å². The maximum Gasteiger partial charge on any atom is 0.268 e. The summed E-state index contributed by atoms with van der Waals surface area (Å²) in [4.78, 5) is 15.8. The minimum Gasteiger partial charge on any atom is -0.444 e. The molecule has 0 unspecified atom stereocenters. The SMILES string of the molecule is Cc1cnc(CNC(=O)c2cc(Br)cn2C)o1. The first-order chi connectivity index (χ1) is 8.06. The number of nitrogens with one attached hydrogen (secondary N) is 1. The Labute approximate surface area is 107 Å². The predicted molar refractivity (Wildman–Crippen MR) is 65.5 cm³/mol. The quantitative estimate of drug-likeness (QED) is 0.943. The van der Waals surface area contributed by atoms with Crippen LogP contribution in [0.25, 0.3) is 0 Å². The van der Waals surface area contributed by atoms with Gasteiger partial charge in [-0.1, -0.05) is 0 Å². The molecule has 0 aromatic carbocycles. The molecular weight excluding hydrogens is 286 g/mol. The second-order valence-corrected chi connectivity index (χ2v) is 4.62. The number of hydrogen-bond acceptors (Lipinski definition) is 3. The van der Waals surface area contributed by atoms with Crippen LogP contribution in [-0.4, -0.2) is 15.5 Å². The molecule has 0 aliphatic carbocycles. The van der Waals surface area contributed by atoms with Crippen molar-refractivity contribution in [2.24, 2.45) is 7.05 Å². The molecule has 5 nitrogen and oxygen atoms in total. The molecule has 6 heteroatoms. The molecule has 0 saturated heterocycles. The van der Waals surface area contributed by atoms with Crippen LogP contribution in [-0.2, 0) is 13.6 Å². The van der Waals surface area contributed by atoms with Crippen LogP contribution in [0.1, 0.15) is 22.1 Å².